The van der Waals surface area contributed by atoms with E-state index in [2.05, 4.69) is 17.3 Å². The highest BCUT2D eigenvalue weighted by molar-refractivity contribution is 6.30. The van der Waals surface area contributed by atoms with E-state index < -0.39 is 0 Å². The monoisotopic (exact) mass is 332 g/mol. The van der Waals surface area contributed by atoms with E-state index in [0.717, 1.165) is 23.4 Å². The second kappa shape index (κ2) is 5.78. The Labute approximate surface area is 143 Å². The van der Waals surface area contributed by atoms with Gasteiger partial charge in [-0.15, -0.1) is 0 Å². The van der Waals surface area contributed by atoms with Crippen molar-refractivity contribution in [3.05, 3.63) is 29.3 Å². The molecule has 0 unspecified atom stereocenters. The molecule has 4 saturated carbocycles. The van der Waals surface area contributed by atoms with Crippen LogP contribution in [0.25, 0.3) is 0 Å². The third kappa shape index (κ3) is 3.01. The van der Waals surface area contributed by atoms with Crippen molar-refractivity contribution in [2.45, 2.75) is 44.1 Å². The van der Waals surface area contributed by atoms with E-state index in [1.165, 1.54) is 38.5 Å². The number of carbonyl (C=O) groups is 1. The molecule has 4 heteroatoms. The SMILES string of the molecule is CN(CC(=O)Nc1ccc(Cl)cc1)C12CC3CC(CC(C3)C1)C2. The van der Waals surface area contributed by atoms with Gasteiger partial charge in [-0.25, -0.2) is 0 Å². The highest BCUT2D eigenvalue weighted by Crippen LogP contribution is 2.57. The number of nitrogens with one attached hydrogen (secondary N) is 1. The van der Waals surface area contributed by atoms with Gasteiger partial charge in [0.25, 0.3) is 0 Å². The maximum Gasteiger partial charge on any atom is 0.238 e. The minimum absolute atomic E-state index is 0.0746. The average Bonchev–Trinajstić information content (AvgIpc) is 2.48. The number of hydrogen-bond acceptors (Lipinski definition) is 2. The molecule has 0 aromatic heterocycles. The molecule has 4 aliphatic rings. The molecule has 5 rings (SSSR count). The predicted octanol–water partition coefficient (Wildman–Crippen LogP) is 4.18. The first-order valence-electron chi connectivity index (χ1n) is 8.79. The number of rotatable bonds is 4. The Bertz CT molecular complexity index is 563. The lowest BCUT2D eigenvalue weighted by Gasteiger charge is -2.59. The van der Waals surface area contributed by atoms with Crippen LogP contribution in [0.4, 0.5) is 5.69 Å². The number of halogens is 1. The summed E-state index contributed by atoms with van der Waals surface area (Å²) in [5.41, 5.74) is 1.10. The highest BCUT2D eigenvalue weighted by atomic mass is 35.5. The van der Waals surface area contributed by atoms with Crippen LogP contribution in [0.5, 0.6) is 0 Å². The van der Waals surface area contributed by atoms with Gasteiger partial charge in [0.15, 0.2) is 0 Å². The number of carbonyl (C=O) groups excluding carboxylic acids is 1. The third-order valence-corrected chi connectivity index (χ3v) is 6.58. The Morgan fingerprint density at radius 2 is 1.65 bits per heavy atom. The van der Waals surface area contributed by atoms with Gasteiger partial charge in [-0.1, -0.05) is 11.6 Å². The summed E-state index contributed by atoms with van der Waals surface area (Å²) >= 11 is 5.89. The van der Waals surface area contributed by atoms with Gasteiger partial charge in [0.1, 0.15) is 0 Å². The number of amides is 1. The Morgan fingerprint density at radius 3 is 2.17 bits per heavy atom. The average molecular weight is 333 g/mol. The Hall–Kier alpha value is -1.06. The number of benzene rings is 1. The first-order valence-corrected chi connectivity index (χ1v) is 9.17. The van der Waals surface area contributed by atoms with Gasteiger partial charge < -0.3 is 5.32 Å². The maximum absolute atomic E-state index is 12.4. The quantitative estimate of drug-likeness (QED) is 0.897. The van der Waals surface area contributed by atoms with Crippen LogP contribution < -0.4 is 5.32 Å². The molecular weight excluding hydrogens is 308 g/mol. The molecule has 4 aliphatic carbocycles. The van der Waals surface area contributed by atoms with Gasteiger partial charge in [-0.3, -0.25) is 9.69 Å². The summed E-state index contributed by atoms with van der Waals surface area (Å²) in [6, 6.07) is 7.32. The van der Waals surface area contributed by atoms with Crippen LogP contribution in [-0.2, 0) is 4.79 Å². The zero-order valence-corrected chi connectivity index (χ0v) is 14.5. The lowest BCUT2D eigenvalue weighted by atomic mass is 9.52. The van der Waals surface area contributed by atoms with Crippen LogP contribution in [0.3, 0.4) is 0 Å². The third-order valence-electron chi connectivity index (χ3n) is 6.32. The van der Waals surface area contributed by atoms with Crippen LogP contribution in [0.2, 0.25) is 5.02 Å². The molecule has 23 heavy (non-hydrogen) atoms. The molecule has 0 saturated heterocycles. The molecule has 0 atom stereocenters. The minimum atomic E-state index is 0.0746. The van der Waals surface area contributed by atoms with Crippen molar-refractivity contribution in [3.8, 4) is 0 Å². The molecule has 0 spiro atoms. The zero-order chi connectivity index (χ0) is 16.0. The van der Waals surface area contributed by atoms with Crippen molar-refractivity contribution in [1.29, 1.82) is 0 Å². The predicted molar refractivity (Wildman–Crippen MR) is 93.6 cm³/mol. The molecule has 3 nitrogen and oxygen atoms in total. The van der Waals surface area contributed by atoms with Gasteiger partial charge in [0.2, 0.25) is 5.91 Å². The van der Waals surface area contributed by atoms with Crippen LogP contribution >= 0.6 is 11.6 Å². The van der Waals surface area contributed by atoms with E-state index in [1.807, 2.05) is 12.1 Å². The van der Waals surface area contributed by atoms with Crippen molar-refractivity contribution in [2.75, 3.05) is 18.9 Å². The van der Waals surface area contributed by atoms with Gasteiger partial charge >= 0.3 is 0 Å². The van der Waals surface area contributed by atoms with E-state index in [4.69, 9.17) is 11.6 Å². The molecule has 4 fully saturated rings. The minimum Gasteiger partial charge on any atom is -0.325 e. The maximum atomic E-state index is 12.4. The molecular formula is C19H25ClN2O. The van der Waals surface area contributed by atoms with Crippen molar-refractivity contribution in [3.63, 3.8) is 0 Å². The number of hydrogen-bond donors (Lipinski definition) is 1. The molecule has 1 aromatic rings. The molecule has 1 aromatic carbocycles. The summed E-state index contributed by atoms with van der Waals surface area (Å²) in [5.74, 6) is 2.79. The normalized spacial score (nSPS) is 34.8. The van der Waals surface area contributed by atoms with Crippen LogP contribution in [0.1, 0.15) is 38.5 Å². The number of nitrogens with zero attached hydrogens (tertiary/aromatic N) is 1. The highest BCUT2D eigenvalue weighted by Gasteiger charge is 2.52. The van der Waals surface area contributed by atoms with Gasteiger partial charge in [0, 0.05) is 16.2 Å². The Balaban J connectivity index is 1.40. The van der Waals surface area contributed by atoms with E-state index in [-0.39, 0.29) is 11.4 Å². The molecule has 4 bridgehead atoms. The first-order chi connectivity index (χ1) is 11.0. The lowest BCUT2D eigenvalue weighted by molar-refractivity contribution is -0.123. The summed E-state index contributed by atoms with van der Waals surface area (Å²) in [5, 5.41) is 3.68. The van der Waals surface area contributed by atoms with E-state index >= 15 is 0 Å². The first kappa shape index (κ1) is 15.5. The second-order valence-corrected chi connectivity index (χ2v) is 8.49. The summed E-state index contributed by atoms with van der Waals surface area (Å²) in [6.45, 7) is 0.481. The largest absolute Gasteiger partial charge is 0.325 e. The lowest BCUT2D eigenvalue weighted by Crippen LogP contribution is -2.59. The van der Waals surface area contributed by atoms with Gasteiger partial charge in [-0.05, 0) is 87.6 Å². The summed E-state index contributed by atoms with van der Waals surface area (Å²) in [4.78, 5) is 14.8. The molecule has 0 radical (unpaired) electrons. The molecule has 0 heterocycles. The second-order valence-electron chi connectivity index (χ2n) is 8.05. The van der Waals surface area contributed by atoms with Gasteiger partial charge in [-0.2, -0.15) is 0 Å². The topological polar surface area (TPSA) is 32.3 Å². The fourth-order valence-corrected chi connectivity index (χ4v) is 5.78. The fraction of sp³-hybridized carbons (Fsp3) is 0.632. The Morgan fingerprint density at radius 1 is 1.13 bits per heavy atom. The smallest absolute Gasteiger partial charge is 0.238 e. The molecule has 124 valence electrons. The standard InChI is InChI=1S/C19H25ClN2O/c1-22(12-18(23)21-17-4-2-16(20)3-5-17)19-9-13-6-14(10-19)8-15(7-13)11-19/h2-5,13-15H,6-12H2,1H3,(H,21,23). The van der Waals surface area contributed by atoms with Crippen LogP contribution in [0, 0.1) is 17.8 Å². The van der Waals surface area contributed by atoms with Crippen molar-refractivity contribution < 1.29 is 4.79 Å². The zero-order valence-electron chi connectivity index (χ0n) is 13.7. The summed E-state index contributed by atoms with van der Waals surface area (Å²) in [6.07, 6.45) is 8.19. The summed E-state index contributed by atoms with van der Waals surface area (Å²) < 4.78 is 0. The molecule has 0 aliphatic heterocycles. The van der Waals surface area contributed by atoms with Crippen molar-refractivity contribution in [2.24, 2.45) is 17.8 Å². The Kier molecular flexibility index (Phi) is 3.89. The summed E-state index contributed by atoms with van der Waals surface area (Å²) in [7, 11) is 2.15. The van der Waals surface area contributed by atoms with Crippen molar-refractivity contribution >= 4 is 23.2 Å². The number of likely N-dealkylation sites (N-methyl/N-ethyl adjacent to an activating group) is 1. The van der Waals surface area contributed by atoms with Crippen LogP contribution in [-0.4, -0.2) is 29.9 Å². The molecule has 1 amide bonds. The van der Waals surface area contributed by atoms with Gasteiger partial charge in [0.05, 0.1) is 6.54 Å². The number of anilines is 1. The fourth-order valence-electron chi connectivity index (χ4n) is 5.65. The van der Waals surface area contributed by atoms with Crippen LogP contribution in [0.15, 0.2) is 24.3 Å². The van der Waals surface area contributed by atoms with E-state index in [0.29, 0.717) is 11.6 Å². The van der Waals surface area contributed by atoms with E-state index in [9.17, 15) is 4.79 Å². The molecule has 1 N–H and O–H groups in total. The van der Waals surface area contributed by atoms with E-state index in [1.54, 1.807) is 12.1 Å². The van der Waals surface area contributed by atoms with Crippen molar-refractivity contribution in [1.82, 2.24) is 4.90 Å².